The molecule has 1 N–H and O–H groups in total. The number of hydrogen-bond acceptors (Lipinski definition) is 6. The zero-order valence-electron chi connectivity index (χ0n) is 15.5. The molecule has 0 amide bonds. The molecule has 6 heteroatoms. The normalized spacial score (nSPS) is 26.4. The predicted molar refractivity (Wildman–Crippen MR) is 97.0 cm³/mol. The minimum atomic E-state index is -0.192. The smallest absolute Gasteiger partial charge is 0.305 e. The second-order valence-corrected chi connectivity index (χ2v) is 7.36. The number of methoxy groups -OCH3 is 1. The Morgan fingerprint density at radius 3 is 2.78 bits per heavy atom. The van der Waals surface area contributed by atoms with E-state index in [1.165, 1.54) is 24.5 Å². The van der Waals surface area contributed by atoms with E-state index in [9.17, 15) is 9.90 Å². The number of carbonyl (C=O) groups is 1. The van der Waals surface area contributed by atoms with Crippen molar-refractivity contribution in [3.63, 3.8) is 0 Å². The van der Waals surface area contributed by atoms with E-state index < -0.39 is 0 Å². The van der Waals surface area contributed by atoms with E-state index >= 15 is 0 Å². The molecule has 27 heavy (non-hydrogen) atoms. The van der Waals surface area contributed by atoms with Crippen molar-refractivity contribution in [2.24, 2.45) is 5.92 Å². The fraction of sp³-hybridized carbons (Fsp3) is 0.524. The van der Waals surface area contributed by atoms with Crippen molar-refractivity contribution >= 4 is 5.97 Å². The first-order valence-electron chi connectivity index (χ1n) is 9.53. The number of aliphatic hydroxyl groups excluding tert-OH is 1. The summed E-state index contributed by atoms with van der Waals surface area (Å²) in [7, 11) is 1.42. The molecule has 6 nitrogen and oxygen atoms in total. The summed E-state index contributed by atoms with van der Waals surface area (Å²) in [6.45, 7) is -0.119. The lowest BCUT2D eigenvalue weighted by molar-refractivity contribution is -0.140. The average molecular weight is 371 g/mol. The molecule has 1 aromatic heterocycles. The van der Waals surface area contributed by atoms with E-state index in [-0.39, 0.29) is 36.6 Å². The van der Waals surface area contributed by atoms with Gasteiger partial charge in [0.25, 0.3) is 0 Å². The summed E-state index contributed by atoms with van der Waals surface area (Å²) < 4.78 is 16.6. The van der Waals surface area contributed by atoms with E-state index in [1.54, 1.807) is 0 Å². The molecule has 0 aliphatic carbocycles. The fourth-order valence-corrected chi connectivity index (χ4v) is 4.52. The number of nitrogens with zero attached hydrogens (tertiary/aromatic N) is 1. The van der Waals surface area contributed by atoms with Gasteiger partial charge in [0.15, 0.2) is 5.89 Å². The van der Waals surface area contributed by atoms with Gasteiger partial charge in [0.05, 0.1) is 31.8 Å². The van der Waals surface area contributed by atoms with Crippen LogP contribution in [0.1, 0.15) is 47.9 Å². The first-order chi connectivity index (χ1) is 13.2. The number of fused-ring (bicyclic) bond motifs is 2. The van der Waals surface area contributed by atoms with Crippen molar-refractivity contribution in [2.75, 3.05) is 7.11 Å². The van der Waals surface area contributed by atoms with Gasteiger partial charge in [-0.2, -0.15) is 0 Å². The highest BCUT2D eigenvalue weighted by molar-refractivity contribution is 5.69. The van der Waals surface area contributed by atoms with Crippen molar-refractivity contribution in [1.29, 1.82) is 0 Å². The Kier molecular flexibility index (Phi) is 5.27. The molecule has 2 aliphatic heterocycles. The van der Waals surface area contributed by atoms with Gasteiger partial charge in [-0.05, 0) is 36.8 Å². The van der Waals surface area contributed by atoms with E-state index in [0.29, 0.717) is 24.4 Å². The number of aliphatic hydroxyl groups is 1. The lowest BCUT2D eigenvalue weighted by Crippen LogP contribution is -2.28. The number of oxazole rings is 1. The summed E-state index contributed by atoms with van der Waals surface area (Å²) in [5.74, 6) is 0.872. The number of carbonyl (C=O) groups excluding carboxylic acids is 1. The quantitative estimate of drug-likeness (QED) is 0.754. The summed E-state index contributed by atoms with van der Waals surface area (Å²) in [6.07, 6.45) is 5.86. The average Bonchev–Trinajstić information content (AvgIpc) is 3.42. The van der Waals surface area contributed by atoms with Gasteiger partial charge in [0.1, 0.15) is 12.0 Å². The van der Waals surface area contributed by atoms with Crippen LogP contribution in [-0.2, 0) is 33.7 Å². The van der Waals surface area contributed by atoms with Crippen LogP contribution in [0.5, 0.6) is 0 Å². The molecule has 0 unspecified atom stereocenters. The molecule has 4 rings (SSSR count). The molecule has 4 atom stereocenters. The van der Waals surface area contributed by atoms with Crippen LogP contribution in [0.3, 0.4) is 0 Å². The maximum absolute atomic E-state index is 11.5. The Morgan fingerprint density at radius 1 is 1.26 bits per heavy atom. The summed E-state index contributed by atoms with van der Waals surface area (Å²) >= 11 is 0. The van der Waals surface area contributed by atoms with Gasteiger partial charge in [0, 0.05) is 12.3 Å². The van der Waals surface area contributed by atoms with Crippen LogP contribution < -0.4 is 0 Å². The first-order valence-corrected chi connectivity index (χ1v) is 9.53. The van der Waals surface area contributed by atoms with Crippen molar-refractivity contribution < 1.29 is 23.8 Å². The second-order valence-electron chi connectivity index (χ2n) is 7.36. The zero-order valence-corrected chi connectivity index (χ0v) is 15.5. The summed E-state index contributed by atoms with van der Waals surface area (Å²) in [4.78, 5) is 16.0. The van der Waals surface area contributed by atoms with Crippen molar-refractivity contribution in [2.45, 2.75) is 56.8 Å². The summed E-state index contributed by atoms with van der Waals surface area (Å²) in [6, 6.07) is 8.25. The van der Waals surface area contributed by atoms with Gasteiger partial charge in [-0.15, -0.1) is 0 Å². The number of ether oxygens (including phenoxy) is 2. The van der Waals surface area contributed by atoms with Crippen molar-refractivity contribution in [3.8, 4) is 0 Å². The number of hydrogen-bond donors (Lipinski definition) is 1. The molecule has 0 radical (unpaired) electrons. The Balaban J connectivity index is 1.55. The van der Waals surface area contributed by atoms with Crippen molar-refractivity contribution in [3.05, 3.63) is 53.2 Å². The van der Waals surface area contributed by atoms with E-state index in [2.05, 4.69) is 17.1 Å². The second kappa shape index (κ2) is 7.82. The molecular formula is C21H25NO5. The minimum absolute atomic E-state index is 0.109. The van der Waals surface area contributed by atoms with Crippen LogP contribution in [0.4, 0.5) is 0 Å². The maximum Gasteiger partial charge on any atom is 0.305 e. The fourth-order valence-electron chi connectivity index (χ4n) is 4.52. The molecule has 3 heterocycles. The SMILES string of the molecule is COC(=O)CCc1ccccc1C[C@@H]1[C@H](c2nc(CO)co2)[C@H]2CC[C@@H]1O2. The molecule has 144 valence electrons. The van der Waals surface area contributed by atoms with Crippen LogP contribution in [0.15, 0.2) is 34.9 Å². The minimum Gasteiger partial charge on any atom is -0.469 e. The number of benzene rings is 1. The van der Waals surface area contributed by atoms with Gasteiger partial charge in [-0.25, -0.2) is 4.98 Å². The molecule has 2 aromatic rings. The molecule has 2 aliphatic rings. The van der Waals surface area contributed by atoms with Crippen molar-refractivity contribution in [1.82, 2.24) is 4.98 Å². The zero-order chi connectivity index (χ0) is 18.8. The molecule has 2 saturated heterocycles. The van der Waals surface area contributed by atoms with Crippen LogP contribution in [0, 0.1) is 5.92 Å². The topological polar surface area (TPSA) is 81.8 Å². The standard InChI is InChI=1S/C21H25NO5/c1-25-19(24)9-6-13-4-2-3-5-14(13)10-16-17-7-8-18(27-17)20(16)21-22-15(11-23)12-26-21/h2-5,12,16-18,20,23H,6-11H2,1H3/t16-,17-,18+,20-/m0/s1. The molecule has 0 saturated carbocycles. The highest BCUT2D eigenvalue weighted by Gasteiger charge is 2.51. The van der Waals surface area contributed by atoms with Gasteiger partial charge >= 0.3 is 5.97 Å². The third-order valence-corrected chi connectivity index (χ3v) is 5.84. The molecule has 2 bridgehead atoms. The Hall–Kier alpha value is -2.18. The first kappa shape index (κ1) is 18.2. The number of rotatable bonds is 7. The summed E-state index contributed by atoms with van der Waals surface area (Å²) in [5, 5.41) is 9.30. The molecule has 2 fully saturated rings. The van der Waals surface area contributed by atoms with E-state index in [1.807, 2.05) is 12.1 Å². The Bertz CT molecular complexity index is 801. The predicted octanol–water partition coefficient (Wildman–Crippen LogP) is 2.78. The monoisotopic (exact) mass is 371 g/mol. The number of esters is 1. The van der Waals surface area contributed by atoms with Gasteiger partial charge < -0.3 is 19.0 Å². The molecule has 0 spiro atoms. The Morgan fingerprint density at radius 2 is 2.04 bits per heavy atom. The van der Waals surface area contributed by atoms with E-state index in [4.69, 9.17) is 13.9 Å². The van der Waals surface area contributed by atoms with Crippen LogP contribution in [-0.4, -0.2) is 35.4 Å². The maximum atomic E-state index is 11.5. The summed E-state index contributed by atoms with van der Waals surface area (Å²) in [5.41, 5.74) is 2.97. The highest BCUT2D eigenvalue weighted by Crippen LogP contribution is 2.49. The molecule has 1 aromatic carbocycles. The largest absolute Gasteiger partial charge is 0.469 e. The number of aryl methyl sites for hydroxylation is 1. The number of aromatic nitrogens is 1. The van der Waals surface area contributed by atoms with Gasteiger partial charge in [-0.1, -0.05) is 24.3 Å². The third-order valence-electron chi connectivity index (χ3n) is 5.84. The Labute approximate surface area is 158 Å². The lowest BCUT2D eigenvalue weighted by Gasteiger charge is -2.26. The third kappa shape index (κ3) is 3.64. The molecular weight excluding hydrogens is 346 g/mol. The van der Waals surface area contributed by atoms with E-state index in [0.717, 1.165) is 19.3 Å². The highest BCUT2D eigenvalue weighted by atomic mass is 16.5. The van der Waals surface area contributed by atoms with Gasteiger partial charge in [-0.3, -0.25) is 4.79 Å². The van der Waals surface area contributed by atoms with Gasteiger partial charge in [0.2, 0.25) is 0 Å². The van der Waals surface area contributed by atoms with Crippen LogP contribution in [0.2, 0.25) is 0 Å². The van der Waals surface area contributed by atoms with Crippen LogP contribution in [0.25, 0.3) is 0 Å². The van der Waals surface area contributed by atoms with Crippen LogP contribution >= 0.6 is 0 Å². The lowest BCUT2D eigenvalue weighted by atomic mass is 9.75.